The number of ether oxygens (including phenoxy) is 1. The van der Waals surface area contributed by atoms with Crippen LogP contribution in [-0.4, -0.2) is 16.4 Å². The first-order valence-corrected chi connectivity index (χ1v) is 5.67. The Balaban J connectivity index is 2.07. The van der Waals surface area contributed by atoms with E-state index in [-0.39, 0.29) is 3.23 Å². The fraction of sp³-hybridized carbons (Fsp3) is 1.00. The van der Waals surface area contributed by atoms with E-state index in [2.05, 4.69) is 31.9 Å². The molecule has 0 bridgehead atoms. The fourth-order valence-electron chi connectivity index (χ4n) is 2.28. The van der Waals surface area contributed by atoms with Gasteiger partial charge < -0.3 is 4.74 Å². The number of fused-ring (bicyclic) bond motifs is 1. The van der Waals surface area contributed by atoms with Crippen LogP contribution in [0.2, 0.25) is 0 Å². The van der Waals surface area contributed by atoms with Crippen molar-refractivity contribution < 1.29 is 4.74 Å². The Morgan fingerprint density at radius 3 is 2.64 bits per heavy atom. The minimum absolute atomic E-state index is 0.219. The average Bonchev–Trinajstić information content (AvgIpc) is 2.56. The summed E-state index contributed by atoms with van der Waals surface area (Å²) in [6.07, 6.45) is 4.38. The molecular formula is C8H12Br2O. The summed E-state index contributed by atoms with van der Waals surface area (Å²) in [5.74, 6) is 1.52. The van der Waals surface area contributed by atoms with Gasteiger partial charge in [-0.1, -0.05) is 38.3 Å². The summed E-state index contributed by atoms with van der Waals surface area (Å²) >= 11 is 7.39. The van der Waals surface area contributed by atoms with Gasteiger partial charge in [0, 0.05) is 13.0 Å². The molecule has 3 heteroatoms. The molecule has 11 heavy (non-hydrogen) atoms. The number of methoxy groups -OCH3 is 1. The number of hydrogen-bond acceptors (Lipinski definition) is 1. The first-order valence-electron chi connectivity index (χ1n) is 4.08. The zero-order chi connectivity index (χ0) is 8.06. The van der Waals surface area contributed by atoms with Crippen molar-refractivity contribution in [1.29, 1.82) is 0 Å². The molecule has 0 spiro atoms. The molecule has 2 aliphatic rings. The Kier molecular flexibility index (Phi) is 2.10. The molecule has 2 rings (SSSR count). The van der Waals surface area contributed by atoms with Crippen LogP contribution in [0.25, 0.3) is 0 Å². The molecule has 0 aromatic rings. The highest BCUT2D eigenvalue weighted by atomic mass is 79.9. The Labute approximate surface area is 84.1 Å². The van der Waals surface area contributed by atoms with Crippen molar-refractivity contribution in [2.24, 2.45) is 11.8 Å². The van der Waals surface area contributed by atoms with Gasteiger partial charge in [-0.15, -0.1) is 0 Å². The predicted octanol–water partition coefficient (Wildman–Crippen LogP) is 2.92. The SMILES string of the molecule is CO[C@@H]1CCC[C@H]2[C@H]1C2(Br)Br. The van der Waals surface area contributed by atoms with Gasteiger partial charge in [-0.05, 0) is 18.8 Å². The van der Waals surface area contributed by atoms with Crippen molar-refractivity contribution in [2.75, 3.05) is 7.11 Å². The molecule has 1 nitrogen and oxygen atoms in total. The van der Waals surface area contributed by atoms with Gasteiger partial charge >= 0.3 is 0 Å². The van der Waals surface area contributed by atoms with E-state index in [1.54, 1.807) is 0 Å². The summed E-state index contributed by atoms with van der Waals surface area (Å²) in [7, 11) is 1.82. The van der Waals surface area contributed by atoms with Gasteiger partial charge in [-0.3, -0.25) is 0 Å². The van der Waals surface area contributed by atoms with E-state index in [4.69, 9.17) is 4.74 Å². The first kappa shape index (κ1) is 8.52. The molecule has 0 unspecified atom stereocenters. The molecule has 0 saturated heterocycles. The Hall–Kier alpha value is 0.920. The molecule has 2 aliphatic carbocycles. The summed E-state index contributed by atoms with van der Waals surface area (Å²) in [6, 6.07) is 0. The van der Waals surface area contributed by atoms with Crippen LogP contribution < -0.4 is 0 Å². The Morgan fingerprint density at radius 2 is 2.09 bits per heavy atom. The van der Waals surface area contributed by atoms with Gasteiger partial charge in [0.1, 0.15) is 0 Å². The second-order valence-electron chi connectivity index (χ2n) is 3.51. The molecule has 0 amide bonds. The van der Waals surface area contributed by atoms with Crippen LogP contribution in [0, 0.1) is 11.8 Å². The third kappa shape index (κ3) is 1.20. The maximum absolute atomic E-state index is 5.42. The van der Waals surface area contributed by atoms with Crippen LogP contribution in [-0.2, 0) is 4.74 Å². The van der Waals surface area contributed by atoms with E-state index < -0.39 is 0 Å². The third-order valence-electron chi connectivity index (χ3n) is 2.97. The van der Waals surface area contributed by atoms with Crippen LogP contribution >= 0.6 is 31.9 Å². The maximum atomic E-state index is 5.42. The molecule has 0 aromatic carbocycles. The lowest BCUT2D eigenvalue weighted by Gasteiger charge is -2.18. The smallest absolute Gasteiger partial charge is 0.0894 e. The molecule has 2 saturated carbocycles. The fourth-order valence-corrected chi connectivity index (χ4v) is 4.27. The predicted molar refractivity (Wildman–Crippen MR) is 52.2 cm³/mol. The highest BCUT2D eigenvalue weighted by Gasteiger charge is 2.65. The normalized spacial score (nSPS) is 46.6. The zero-order valence-electron chi connectivity index (χ0n) is 6.52. The van der Waals surface area contributed by atoms with E-state index in [9.17, 15) is 0 Å². The number of hydrogen-bond donors (Lipinski definition) is 0. The molecule has 0 heterocycles. The van der Waals surface area contributed by atoms with Crippen LogP contribution in [0.5, 0.6) is 0 Å². The molecule has 64 valence electrons. The molecule has 0 radical (unpaired) electrons. The van der Waals surface area contributed by atoms with Crippen molar-refractivity contribution in [3.8, 4) is 0 Å². The van der Waals surface area contributed by atoms with Gasteiger partial charge in [0.05, 0.1) is 9.34 Å². The van der Waals surface area contributed by atoms with E-state index in [0.717, 1.165) is 5.92 Å². The summed E-state index contributed by atoms with van der Waals surface area (Å²) in [5.41, 5.74) is 0. The second-order valence-corrected chi connectivity index (χ2v) is 7.20. The van der Waals surface area contributed by atoms with Crippen molar-refractivity contribution in [3.63, 3.8) is 0 Å². The van der Waals surface area contributed by atoms with Gasteiger partial charge in [-0.25, -0.2) is 0 Å². The van der Waals surface area contributed by atoms with Crippen molar-refractivity contribution in [2.45, 2.75) is 28.6 Å². The summed E-state index contributed by atoms with van der Waals surface area (Å²) in [4.78, 5) is 0. The lowest BCUT2D eigenvalue weighted by Crippen LogP contribution is -2.18. The van der Waals surface area contributed by atoms with Gasteiger partial charge in [-0.2, -0.15) is 0 Å². The minimum Gasteiger partial charge on any atom is -0.381 e. The monoisotopic (exact) mass is 282 g/mol. The molecule has 0 N–H and O–H groups in total. The molecule has 3 atom stereocenters. The number of rotatable bonds is 1. The van der Waals surface area contributed by atoms with Crippen molar-refractivity contribution in [1.82, 2.24) is 0 Å². The summed E-state index contributed by atoms with van der Waals surface area (Å²) < 4.78 is 5.64. The summed E-state index contributed by atoms with van der Waals surface area (Å²) in [5, 5.41) is 0. The van der Waals surface area contributed by atoms with Gasteiger partial charge in [0.15, 0.2) is 0 Å². The molecule has 0 aromatic heterocycles. The van der Waals surface area contributed by atoms with E-state index >= 15 is 0 Å². The standard InChI is InChI=1S/C8H12Br2O/c1-11-6-4-2-3-5-7(6)8(5,9)10/h5-7H,2-4H2,1H3/t5-,6+,7+/m0/s1. The maximum Gasteiger partial charge on any atom is 0.0894 e. The largest absolute Gasteiger partial charge is 0.381 e. The lowest BCUT2D eigenvalue weighted by atomic mass is 9.98. The van der Waals surface area contributed by atoms with Crippen LogP contribution in [0.4, 0.5) is 0 Å². The van der Waals surface area contributed by atoms with E-state index in [1.165, 1.54) is 19.3 Å². The van der Waals surface area contributed by atoms with Gasteiger partial charge in [0.25, 0.3) is 0 Å². The lowest BCUT2D eigenvalue weighted by molar-refractivity contribution is 0.0590. The highest BCUT2D eigenvalue weighted by molar-refractivity contribution is 9.25. The van der Waals surface area contributed by atoms with Gasteiger partial charge in [0.2, 0.25) is 0 Å². The topological polar surface area (TPSA) is 9.23 Å². The Morgan fingerprint density at radius 1 is 1.36 bits per heavy atom. The van der Waals surface area contributed by atoms with Crippen LogP contribution in [0.15, 0.2) is 0 Å². The zero-order valence-corrected chi connectivity index (χ0v) is 9.69. The quantitative estimate of drug-likeness (QED) is 0.673. The third-order valence-corrected chi connectivity index (χ3v) is 5.20. The van der Waals surface area contributed by atoms with E-state index in [0.29, 0.717) is 12.0 Å². The highest BCUT2D eigenvalue weighted by Crippen LogP contribution is 2.67. The van der Waals surface area contributed by atoms with E-state index in [1.807, 2.05) is 7.11 Å². The molecule has 2 fully saturated rings. The number of halogens is 2. The second kappa shape index (κ2) is 2.71. The van der Waals surface area contributed by atoms with Crippen LogP contribution in [0.3, 0.4) is 0 Å². The number of alkyl halides is 2. The van der Waals surface area contributed by atoms with Crippen molar-refractivity contribution in [3.05, 3.63) is 0 Å². The van der Waals surface area contributed by atoms with Crippen molar-refractivity contribution >= 4 is 31.9 Å². The minimum atomic E-state index is 0.219. The molecular weight excluding hydrogens is 272 g/mol. The average molecular weight is 284 g/mol. The summed E-state index contributed by atoms with van der Waals surface area (Å²) in [6.45, 7) is 0. The molecule has 0 aliphatic heterocycles. The first-order chi connectivity index (χ1) is 5.18. The van der Waals surface area contributed by atoms with Crippen LogP contribution in [0.1, 0.15) is 19.3 Å². The Bertz CT molecular complexity index is 169.